The van der Waals surface area contributed by atoms with Gasteiger partial charge < -0.3 is 0 Å². The van der Waals surface area contributed by atoms with Crippen LogP contribution in [0.15, 0.2) is 157 Å². The van der Waals surface area contributed by atoms with Crippen molar-refractivity contribution >= 4 is 64.6 Å². The van der Waals surface area contributed by atoms with E-state index in [0.717, 1.165) is 0 Å². The van der Waals surface area contributed by atoms with Crippen LogP contribution in [0.5, 0.6) is 0 Å². The average Bonchev–Trinajstić information content (AvgIpc) is 3.30. The minimum Gasteiger partial charge on any atom is -0.0616 e. The lowest BCUT2D eigenvalue weighted by atomic mass is 9.88. The minimum absolute atomic E-state index is 0.486. The van der Waals surface area contributed by atoms with E-state index >= 15 is 0 Å². The van der Waals surface area contributed by atoms with Crippen LogP contribution in [0, 0.1) is 0 Å². The van der Waals surface area contributed by atoms with E-state index in [9.17, 15) is 11.0 Å². The summed E-state index contributed by atoms with van der Waals surface area (Å²) in [6, 6.07) is -22.5. The molecule has 0 aliphatic rings. The summed E-state index contributed by atoms with van der Waals surface area (Å²) in [5, 5.41) is -6.74. The Morgan fingerprint density at radius 1 is 0.286 bits per heavy atom. The van der Waals surface area contributed by atoms with Gasteiger partial charge in [0.1, 0.15) is 0 Å². The molecule has 0 N–H and O–H groups in total. The summed E-state index contributed by atoms with van der Waals surface area (Å²) in [5.41, 5.74) is -3.04. The second-order valence-corrected chi connectivity index (χ2v) is 9.25. The molecule has 0 aromatic heterocycles. The van der Waals surface area contributed by atoms with Crippen molar-refractivity contribution in [1.82, 2.24) is 0 Å². The van der Waals surface area contributed by atoms with Gasteiger partial charge in [-0.1, -0.05) is 139 Å². The fourth-order valence-electron chi connectivity index (χ4n) is 5.06. The first kappa shape index (κ1) is 9.28. The van der Waals surface area contributed by atoms with Crippen molar-refractivity contribution in [2.24, 2.45) is 0 Å². The topological polar surface area (TPSA) is 0 Å². The van der Waals surface area contributed by atoms with Gasteiger partial charge in [0.05, 0.1) is 35.6 Å². The zero-order chi connectivity index (χ0) is 50.2. The van der Waals surface area contributed by atoms with Crippen LogP contribution in [0.4, 0.5) is 0 Å². The van der Waals surface area contributed by atoms with Gasteiger partial charge >= 0.3 is 0 Å². The lowest BCUT2D eigenvalue weighted by Gasteiger charge is -2.15. The van der Waals surface area contributed by atoms with Crippen LogP contribution in [-0.2, 0) is 0 Å². The SMILES string of the molecule is [2H]c1c([2H])c(-c2c3c([2H])c([2H])c([2H])c([2H])c3c([2H])c3c2c([2H])c([2H])c2c([2H])c([2H])c([2H])c([2H])c23)c([2H])c([2H])c1-c1c([2H])c([2H])c([2H])c2c([2H])c3c([2H])c([2H])c4c([2H])c([2H])c([2H])c([2H])c4c3c([2H])c12. The lowest BCUT2D eigenvalue weighted by molar-refractivity contribution is 1.64. The molecule has 9 aromatic carbocycles. The Hall–Kier alpha value is -5.46. The van der Waals surface area contributed by atoms with Crippen LogP contribution in [0.1, 0.15) is 35.6 Å². The van der Waals surface area contributed by atoms with E-state index in [-0.39, 0.29) is 0 Å². The molecular weight excluding hydrogens is 504 g/mol. The Balaban J connectivity index is 1.55. The molecule has 0 spiro atoms. The molecule has 0 heteroatoms. The van der Waals surface area contributed by atoms with Gasteiger partial charge in [-0.25, -0.2) is 0 Å². The molecule has 0 bridgehead atoms. The van der Waals surface area contributed by atoms with Gasteiger partial charge in [-0.3, -0.25) is 0 Å². The van der Waals surface area contributed by atoms with Crippen LogP contribution in [-0.4, -0.2) is 0 Å². The highest BCUT2D eigenvalue weighted by molar-refractivity contribution is 6.20. The Kier molecular flexibility index (Phi) is 1.99. The first-order valence-corrected chi connectivity index (χ1v) is 12.5. The van der Waals surface area contributed by atoms with Crippen LogP contribution < -0.4 is 0 Å². The Bertz CT molecular complexity index is 3940. The third-order valence-corrected chi connectivity index (χ3v) is 6.94. The molecule has 0 aliphatic carbocycles. The van der Waals surface area contributed by atoms with Gasteiger partial charge in [-0.15, -0.1) is 0 Å². The smallest absolute Gasteiger partial charge is 0.0616 e. The number of rotatable bonds is 2. The molecule has 0 amide bonds. The lowest BCUT2D eigenvalue weighted by Crippen LogP contribution is -1.88. The van der Waals surface area contributed by atoms with E-state index in [1.807, 2.05) is 0 Å². The molecule has 0 heterocycles. The second kappa shape index (κ2) is 9.03. The quantitative estimate of drug-likeness (QED) is 0.147. The Morgan fingerprint density at radius 2 is 0.833 bits per heavy atom. The van der Waals surface area contributed by atoms with Gasteiger partial charge in [-0.05, 0) is 105 Å². The van der Waals surface area contributed by atoms with Gasteiger partial charge in [-0.2, -0.15) is 0 Å². The first-order chi connectivity index (χ1) is 31.7. The number of fused-ring (bicyclic) bond motifs is 8. The van der Waals surface area contributed by atoms with Crippen molar-refractivity contribution in [3.8, 4) is 22.3 Å². The molecule has 0 aliphatic heterocycles. The highest BCUT2D eigenvalue weighted by Gasteiger charge is 2.13. The summed E-state index contributed by atoms with van der Waals surface area (Å²) in [7, 11) is 0. The van der Waals surface area contributed by atoms with E-state index in [2.05, 4.69) is 0 Å². The van der Waals surface area contributed by atoms with Gasteiger partial charge in [0, 0.05) is 0 Å². The third kappa shape index (κ3) is 3.49. The number of hydrogen-bond donors (Lipinski definition) is 0. The molecule has 42 heavy (non-hydrogen) atoms. The van der Waals surface area contributed by atoms with Crippen molar-refractivity contribution in [2.45, 2.75) is 0 Å². The third-order valence-electron chi connectivity index (χ3n) is 6.94. The summed E-state index contributed by atoms with van der Waals surface area (Å²) in [4.78, 5) is 0. The average molecular weight is 557 g/mol. The maximum Gasteiger partial charge on any atom is 0.0636 e. The van der Waals surface area contributed by atoms with E-state index < -0.39 is 244 Å². The van der Waals surface area contributed by atoms with Crippen molar-refractivity contribution in [1.29, 1.82) is 0 Å². The monoisotopic (exact) mass is 556 g/mol. The Labute approximate surface area is 280 Å². The molecule has 0 saturated carbocycles. The minimum atomic E-state index is -1.06. The van der Waals surface area contributed by atoms with Crippen LogP contribution >= 0.6 is 0 Å². The fourth-order valence-corrected chi connectivity index (χ4v) is 5.06. The molecule has 0 atom stereocenters. The number of hydrogen-bond acceptors (Lipinski definition) is 0. The fraction of sp³-hybridized carbons (Fsp3) is 0. The second-order valence-electron chi connectivity index (χ2n) is 9.25. The van der Waals surface area contributed by atoms with Crippen molar-refractivity contribution in [3.05, 3.63) is 157 Å². The van der Waals surface area contributed by atoms with Crippen LogP contribution in [0.25, 0.3) is 86.9 Å². The van der Waals surface area contributed by atoms with Crippen molar-refractivity contribution in [3.63, 3.8) is 0 Å². The van der Waals surface area contributed by atoms with Crippen LogP contribution in [0.3, 0.4) is 0 Å². The van der Waals surface area contributed by atoms with Crippen molar-refractivity contribution < 1.29 is 35.6 Å². The molecule has 0 radical (unpaired) electrons. The van der Waals surface area contributed by atoms with E-state index in [1.54, 1.807) is 0 Å². The van der Waals surface area contributed by atoms with E-state index in [0.29, 0.717) is 0 Å². The summed E-state index contributed by atoms with van der Waals surface area (Å²) < 4.78 is 232. The van der Waals surface area contributed by atoms with Gasteiger partial charge in [0.15, 0.2) is 0 Å². The van der Waals surface area contributed by atoms with Gasteiger partial charge in [0.2, 0.25) is 0 Å². The molecule has 0 nitrogen and oxygen atoms in total. The van der Waals surface area contributed by atoms with E-state index in [4.69, 9.17) is 24.7 Å². The molecule has 9 aromatic rings. The first-order valence-electron chi connectivity index (χ1n) is 25.5. The molecule has 0 unspecified atom stereocenters. The normalized spacial score (nSPS) is 20.5. The highest BCUT2D eigenvalue weighted by atomic mass is 14.2. The van der Waals surface area contributed by atoms with E-state index in [1.165, 1.54) is 0 Å². The Morgan fingerprint density at radius 3 is 1.62 bits per heavy atom. The number of benzene rings is 9. The molecule has 0 fully saturated rings. The molecule has 194 valence electrons. The summed E-state index contributed by atoms with van der Waals surface area (Å²) >= 11 is 0. The summed E-state index contributed by atoms with van der Waals surface area (Å²) in [6.07, 6.45) is 0. The zero-order valence-electron chi connectivity index (χ0n) is 47.0. The summed E-state index contributed by atoms with van der Waals surface area (Å²) in [5.74, 6) is 0. The maximum atomic E-state index is 9.59. The largest absolute Gasteiger partial charge is 0.0636 e. The van der Waals surface area contributed by atoms with Crippen molar-refractivity contribution in [2.75, 3.05) is 0 Å². The predicted octanol–water partition coefficient (Wildman–Crippen LogP) is 11.9. The van der Waals surface area contributed by atoms with Crippen LogP contribution in [0.2, 0.25) is 0 Å². The molecule has 0 saturated heterocycles. The maximum absolute atomic E-state index is 9.59. The standard InChI is InChI=1S/C42H26/c1-4-12-34-27(8-1)18-21-33-24-31-11-7-15-35(39(31)26-40(33)34)29-16-19-30(20-17-29)42-37-14-6-3-10-32(37)25-41-36-13-5-2-9-28(36)22-23-38(41)42/h1-26H/i1D,2D,3D,4D,5D,6D,7D,8D,9D,10D,11D,12D,13D,14D,15D,16D,17D,18D,19D,20D,21D,22D,23D,24D,25D,26D. The highest BCUT2D eigenvalue weighted by Crippen LogP contribution is 2.41. The predicted molar refractivity (Wildman–Crippen MR) is 182 cm³/mol. The van der Waals surface area contributed by atoms with Gasteiger partial charge in [0.25, 0.3) is 0 Å². The molecular formula is C42H26. The zero-order valence-corrected chi connectivity index (χ0v) is 21.0. The molecule has 9 rings (SSSR count). The summed E-state index contributed by atoms with van der Waals surface area (Å²) in [6.45, 7) is 0.